The average molecular weight is 246 g/mol. The summed E-state index contributed by atoms with van der Waals surface area (Å²) < 4.78 is 0. The van der Waals surface area contributed by atoms with Gasteiger partial charge in [0.05, 0.1) is 0 Å². The van der Waals surface area contributed by atoms with Crippen LogP contribution in [-0.2, 0) is 13.0 Å². The van der Waals surface area contributed by atoms with Crippen LogP contribution in [0.5, 0.6) is 0 Å². The molecule has 1 heterocycles. The fourth-order valence-corrected chi connectivity index (χ4v) is 2.77. The molecule has 100 valence electrons. The van der Waals surface area contributed by atoms with E-state index in [1.54, 1.807) is 0 Å². The molecule has 2 heteroatoms. The molecule has 0 saturated carbocycles. The molecule has 1 aromatic carbocycles. The first-order chi connectivity index (χ1) is 8.79. The Morgan fingerprint density at radius 3 is 2.72 bits per heavy atom. The predicted octanol–water partition coefficient (Wildman–Crippen LogP) is 2.68. The van der Waals surface area contributed by atoms with Gasteiger partial charge in [0.25, 0.3) is 0 Å². The van der Waals surface area contributed by atoms with E-state index in [9.17, 15) is 0 Å². The predicted molar refractivity (Wildman–Crippen MR) is 77.7 cm³/mol. The summed E-state index contributed by atoms with van der Waals surface area (Å²) in [6.45, 7) is 10.3. The average Bonchev–Trinajstić information content (AvgIpc) is 2.77. The van der Waals surface area contributed by atoms with Crippen LogP contribution in [0.3, 0.4) is 0 Å². The summed E-state index contributed by atoms with van der Waals surface area (Å²) in [6, 6.07) is 8.92. The molecule has 2 rings (SSSR count). The lowest BCUT2D eigenvalue weighted by Crippen LogP contribution is -2.21. The number of nitrogens with one attached hydrogen (secondary N) is 1. The van der Waals surface area contributed by atoms with Crippen molar-refractivity contribution in [2.75, 3.05) is 26.2 Å². The third kappa shape index (κ3) is 3.82. The van der Waals surface area contributed by atoms with Crippen molar-refractivity contribution >= 4 is 0 Å². The SMILES string of the molecule is CCNCCc1ccccc1CN1CCC(C)C1. The Labute approximate surface area is 111 Å². The van der Waals surface area contributed by atoms with Gasteiger partial charge < -0.3 is 5.32 Å². The number of likely N-dealkylation sites (N-methyl/N-ethyl adjacent to an activating group) is 1. The van der Waals surface area contributed by atoms with Crippen molar-refractivity contribution in [2.24, 2.45) is 5.92 Å². The first-order valence-corrected chi connectivity index (χ1v) is 7.29. The van der Waals surface area contributed by atoms with Crippen LogP contribution in [0.15, 0.2) is 24.3 Å². The highest BCUT2D eigenvalue weighted by Crippen LogP contribution is 2.19. The monoisotopic (exact) mass is 246 g/mol. The molecular formula is C16H26N2. The molecule has 0 amide bonds. The van der Waals surface area contributed by atoms with E-state index < -0.39 is 0 Å². The summed E-state index contributed by atoms with van der Waals surface area (Å²) in [5.74, 6) is 0.874. The third-order valence-electron chi connectivity index (χ3n) is 3.84. The zero-order valence-corrected chi connectivity index (χ0v) is 11.8. The van der Waals surface area contributed by atoms with Gasteiger partial charge >= 0.3 is 0 Å². The van der Waals surface area contributed by atoms with E-state index >= 15 is 0 Å². The first kappa shape index (κ1) is 13.6. The van der Waals surface area contributed by atoms with E-state index in [0.29, 0.717) is 0 Å². The lowest BCUT2D eigenvalue weighted by Gasteiger charge is -2.18. The molecule has 0 spiro atoms. The molecule has 18 heavy (non-hydrogen) atoms. The molecule has 2 nitrogen and oxygen atoms in total. The number of nitrogens with zero attached hydrogens (tertiary/aromatic N) is 1. The minimum Gasteiger partial charge on any atom is -0.317 e. The quantitative estimate of drug-likeness (QED) is 0.776. The van der Waals surface area contributed by atoms with Gasteiger partial charge in [-0.15, -0.1) is 0 Å². The largest absolute Gasteiger partial charge is 0.317 e. The van der Waals surface area contributed by atoms with Crippen molar-refractivity contribution in [2.45, 2.75) is 33.2 Å². The van der Waals surface area contributed by atoms with E-state index in [1.165, 1.54) is 30.6 Å². The number of hydrogen-bond donors (Lipinski definition) is 1. The van der Waals surface area contributed by atoms with E-state index in [-0.39, 0.29) is 0 Å². The van der Waals surface area contributed by atoms with Crippen molar-refractivity contribution in [3.8, 4) is 0 Å². The second-order valence-electron chi connectivity index (χ2n) is 5.50. The zero-order valence-electron chi connectivity index (χ0n) is 11.8. The number of rotatable bonds is 6. The van der Waals surface area contributed by atoms with Crippen molar-refractivity contribution in [1.82, 2.24) is 10.2 Å². The fourth-order valence-electron chi connectivity index (χ4n) is 2.77. The Morgan fingerprint density at radius 1 is 1.28 bits per heavy atom. The van der Waals surface area contributed by atoms with Crippen LogP contribution in [0, 0.1) is 5.92 Å². The van der Waals surface area contributed by atoms with Gasteiger partial charge in [0, 0.05) is 13.1 Å². The number of hydrogen-bond acceptors (Lipinski definition) is 2. The van der Waals surface area contributed by atoms with Crippen LogP contribution < -0.4 is 5.32 Å². The normalized spacial score (nSPS) is 20.4. The molecule has 1 N–H and O–H groups in total. The number of likely N-dealkylation sites (tertiary alicyclic amines) is 1. The lowest BCUT2D eigenvalue weighted by molar-refractivity contribution is 0.319. The highest BCUT2D eigenvalue weighted by atomic mass is 15.1. The molecule has 1 atom stereocenters. The van der Waals surface area contributed by atoms with E-state index in [0.717, 1.165) is 32.0 Å². The maximum absolute atomic E-state index is 3.41. The Balaban J connectivity index is 1.94. The summed E-state index contributed by atoms with van der Waals surface area (Å²) in [5, 5.41) is 3.41. The van der Waals surface area contributed by atoms with Crippen LogP contribution in [0.25, 0.3) is 0 Å². The van der Waals surface area contributed by atoms with Gasteiger partial charge in [-0.2, -0.15) is 0 Å². The minimum absolute atomic E-state index is 0.874. The Bertz CT molecular complexity index is 362. The van der Waals surface area contributed by atoms with Gasteiger partial charge in [-0.1, -0.05) is 38.1 Å². The zero-order chi connectivity index (χ0) is 12.8. The maximum atomic E-state index is 3.41. The molecule has 1 aromatic rings. The molecule has 0 aliphatic carbocycles. The molecular weight excluding hydrogens is 220 g/mol. The van der Waals surface area contributed by atoms with Crippen LogP contribution in [0.2, 0.25) is 0 Å². The Morgan fingerprint density at radius 2 is 2.06 bits per heavy atom. The Kier molecular flexibility index (Phi) is 5.21. The van der Waals surface area contributed by atoms with Gasteiger partial charge in [0.2, 0.25) is 0 Å². The topological polar surface area (TPSA) is 15.3 Å². The van der Waals surface area contributed by atoms with E-state index in [4.69, 9.17) is 0 Å². The van der Waals surface area contributed by atoms with Gasteiger partial charge in [-0.25, -0.2) is 0 Å². The Hall–Kier alpha value is -0.860. The van der Waals surface area contributed by atoms with Crippen molar-refractivity contribution in [1.29, 1.82) is 0 Å². The molecule has 0 aromatic heterocycles. The first-order valence-electron chi connectivity index (χ1n) is 7.29. The number of benzene rings is 1. The fraction of sp³-hybridized carbons (Fsp3) is 0.625. The molecule has 0 radical (unpaired) electrons. The second kappa shape index (κ2) is 6.91. The second-order valence-corrected chi connectivity index (χ2v) is 5.50. The molecule has 0 bridgehead atoms. The van der Waals surface area contributed by atoms with E-state index in [2.05, 4.69) is 48.3 Å². The summed E-state index contributed by atoms with van der Waals surface area (Å²) in [6.07, 6.45) is 2.51. The van der Waals surface area contributed by atoms with Gasteiger partial charge in [-0.3, -0.25) is 4.90 Å². The smallest absolute Gasteiger partial charge is 0.0236 e. The molecule has 1 aliphatic rings. The molecule has 1 saturated heterocycles. The van der Waals surface area contributed by atoms with Crippen LogP contribution in [-0.4, -0.2) is 31.1 Å². The van der Waals surface area contributed by atoms with Crippen LogP contribution in [0.1, 0.15) is 31.4 Å². The maximum Gasteiger partial charge on any atom is 0.0236 e. The summed E-state index contributed by atoms with van der Waals surface area (Å²) >= 11 is 0. The summed E-state index contributed by atoms with van der Waals surface area (Å²) in [5.41, 5.74) is 3.03. The van der Waals surface area contributed by atoms with E-state index in [1.807, 2.05) is 0 Å². The van der Waals surface area contributed by atoms with Crippen molar-refractivity contribution < 1.29 is 0 Å². The van der Waals surface area contributed by atoms with Gasteiger partial charge in [-0.05, 0) is 49.5 Å². The van der Waals surface area contributed by atoms with Gasteiger partial charge in [0.1, 0.15) is 0 Å². The molecule has 1 fully saturated rings. The third-order valence-corrected chi connectivity index (χ3v) is 3.84. The van der Waals surface area contributed by atoms with Crippen LogP contribution >= 0.6 is 0 Å². The highest BCUT2D eigenvalue weighted by molar-refractivity contribution is 5.27. The summed E-state index contributed by atoms with van der Waals surface area (Å²) in [7, 11) is 0. The van der Waals surface area contributed by atoms with Crippen molar-refractivity contribution in [3.63, 3.8) is 0 Å². The summed E-state index contributed by atoms with van der Waals surface area (Å²) in [4.78, 5) is 2.59. The van der Waals surface area contributed by atoms with Crippen molar-refractivity contribution in [3.05, 3.63) is 35.4 Å². The molecule has 1 unspecified atom stereocenters. The van der Waals surface area contributed by atoms with Crippen LogP contribution in [0.4, 0.5) is 0 Å². The molecule has 1 aliphatic heterocycles. The standard InChI is InChI=1S/C16H26N2/c1-3-17-10-8-15-6-4-5-7-16(15)13-18-11-9-14(2)12-18/h4-7,14,17H,3,8-13H2,1-2H3. The lowest BCUT2D eigenvalue weighted by atomic mass is 10.0. The minimum atomic E-state index is 0.874. The highest BCUT2D eigenvalue weighted by Gasteiger charge is 2.19. The van der Waals surface area contributed by atoms with Gasteiger partial charge in [0.15, 0.2) is 0 Å².